The van der Waals surface area contributed by atoms with Gasteiger partial charge in [-0.05, 0) is 36.4 Å². The number of carboxylic acids is 1. The van der Waals surface area contributed by atoms with E-state index in [-0.39, 0.29) is 17.4 Å². The van der Waals surface area contributed by atoms with E-state index in [9.17, 15) is 9.90 Å². The molecule has 4 rings (SSSR count). The summed E-state index contributed by atoms with van der Waals surface area (Å²) in [5, 5.41) is 13.9. The number of benzene rings is 1. The number of rotatable bonds is 6. The zero-order chi connectivity index (χ0) is 20.2. The molecule has 1 aliphatic heterocycles. The normalized spacial score (nSPS) is 14.6. The monoisotopic (exact) mass is 395 g/mol. The number of hydrogen-bond acceptors (Lipinski definition) is 7. The molecule has 0 aliphatic carbocycles. The highest BCUT2D eigenvalue weighted by atomic mass is 16.5. The van der Waals surface area contributed by atoms with Gasteiger partial charge in [0, 0.05) is 37.7 Å². The predicted octanol–water partition coefficient (Wildman–Crippen LogP) is 3.49. The van der Waals surface area contributed by atoms with Gasteiger partial charge in [-0.25, -0.2) is 4.79 Å². The van der Waals surface area contributed by atoms with Crippen molar-refractivity contribution in [2.75, 3.05) is 25.1 Å². The summed E-state index contributed by atoms with van der Waals surface area (Å²) in [7, 11) is 1.58. The Bertz CT molecular complexity index is 964. The molecule has 2 aromatic heterocycles. The highest BCUT2D eigenvalue weighted by molar-refractivity contribution is 5.99. The van der Waals surface area contributed by atoms with Crippen molar-refractivity contribution in [1.82, 2.24) is 10.1 Å². The molecule has 0 amide bonds. The lowest BCUT2D eigenvalue weighted by atomic mass is 10.0. The molecule has 1 saturated heterocycles. The zero-order valence-electron chi connectivity index (χ0n) is 15.9. The summed E-state index contributed by atoms with van der Waals surface area (Å²) in [6.45, 7) is 1.25. The molecule has 0 radical (unpaired) electrons. The minimum atomic E-state index is -1.07. The average Bonchev–Trinajstić information content (AvgIpc) is 3.21. The van der Waals surface area contributed by atoms with Gasteiger partial charge in [0.2, 0.25) is 0 Å². The number of nitrogens with zero attached hydrogens (tertiary/aromatic N) is 3. The summed E-state index contributed by atoms with van der Waals surface area (Å²) in [6.07, 6.45) is 4.94. The number of aromatic nitrogens is 2. The van der Waals surface area contributed by atoms with E-state index < -0.39 is 5.97 Å². The molecule has 1 N–H and O–H groups in total. The summed E-state index contributed by atoms with van der Waals surface area (Å²) >= 11 is 0. The maximum atomic E-state index is 12.0. The second-order valence-corrected chi connectivity index (χ2v) is 6.74. The maximum Gasteiger partial charge on any atom is 0.343 e. The third-order valence-corrected chi connectivity index (χ3v) is 4.92. The number of hydrogen-bond donors (Lipinski definition) is 1. The average molecular weight is 395 g/mol. The maximum absolute atomic E-state index is 12.0. The second kappa shape index (κ2) is 8.22. The molecule has 8 nitrogen and oxygen atoms in total. The third-order valence-electron chi connectivity index (χ3n) is 4.92. The van der Waals surface area contributed by atoms with Gasteiger partial charge in [-0.1, -0.05) is 5.16 Å². The first-order valence-corrected chi connectivity index (χ1v) is 9.34. The first-order valence-electron chi connectivity index (χ1n) is 9.34. The van der Waals surface area contributed by atoms with Gasteiger partial charge < -0.3 is 24.0 Å². The van der Waals surface area contributed by atoms with Crippen molar-refractivity contribution in [3.8, 4) is 22.8 Å². The van der Waals surface area contributed by atoms with Gasteiger partial charge in [-0.2, -0.15) is 0 Å². The molecule has 0 bridgehead atoms. The number of anilines is 1. The smallest absolute Gasteiger partial charge is 0.343 e. The van der Waals surface area contributed by atoms with Gasteiger partial charge in [-0.3, -0.25) is 4.98 Å². The van der Waals surface area contributed by atoms with E-state index in [1.807, 2.05) is 17.0 Å². The lowest BCUT2D eigenvalue weighted by molar-refractivity contribution is 0.0697. The van der Waals surface area contributed by atoms with Crippen molar-refractivity contribution in [2.24, 2.45) is 0 Å². The van der Waals surface area contributed by atoms with Crippen molar-refractivity contribution < 1.29 is 23.9 Å². The summed E-state index contributed by atoms with van der Waals surface area (Å²) < 4.78 is 16.5. The van der Waals surface area contributed by atoms with Crippen molar-refractivity contribution in [1.29, 1.82) is 0 Å². The molecule has 1 aliphatic rings. The van der Waals surface area contributed by atoms with E-state index in [4.69, 9.17) is 14.0 Å². The number of pyridine rings is 1. The van der Waals surface area contributed by atoms with Crippen LogP contribution in [0.4, 0.5) is 5.82 Å². The van der Waals surface area contributed by atoms with Crippen LogP contribution in [0.15, 0.2) is 53.3 Å². The molecule has 3 heterocycles. The number of methoxy groups -OCH3 is 1. The summed E-state index contributed by atoms with van der Waals surface area (Å²) in [5.74, 6) is 0.939. The standard InChI is InChI=1S/C21H21N3O5/c1-27-15-6-4-14(5-7-15)19-18(21(25)26)20(23-29-19)24-11-8-16(9-12-24)28-17-3-2-10-22-13-17/h2-7,10,13,16H,8-9,11-12H2,1H3,(H,25,26). The van der Waals surface area contributed by atoms with E-state index in [2.05, 4.69) is 10.1 Å². The van der Waals surface area contributed by atoms with Crippen LogP contribution in [0.3, 0.4) is 0 Å². The molecule has 150 valence electrons. The van der Waals surface area contributed by atoms with Gasteiger partial charge >= 0.3 is 5.97 Å². The number of carboxylic acid groups (broad SMARTS) is 1. The van der Waals surface area contributed by atoms with E-state index >= 15 is 0 Å². The fourth-order valence-corrected chi connectivity index (χ4v) is 3.42. The lowest BCUT2D eigenvalue weighted by Gasteiger charge is -2.32. The van der Waals surface area contributed by atoms with Crippen LogP contribution in [0.5, 0.6) is 11.5 Å². The first kappa shape index (κ1) is 18.8. The van der Waals surface area contributed by atoms with Crippen molar-refractivity contribution >= 4 is 11.8 Å². The fraction of sp³-hybridized carbons (Fsp3) is 0.286. The molecule has 1 aromatic carbocycles. The molecule has 0 spiro atoms. The highest BCUT2D eigenvalue weighted by Crippen LogP contribution is 2.33. The van der Waals surface area contributed by atoms with Gasteiger partial charge in [0.15, 0.2) is 17.1 Å². The summed E-state index contributed by atoms with van der Waals surface area (Å²) in [4.78, 5) is 18.0. The fourth-order valence-electron chi connectivity index (χ4n) is 3.42. The number of aromatic carboxylic acids is 1. The van der Waals surface area contributed by atoms with Crippen LogP contribution in [0.1, 0.15) is 23.2 Å². The molecule has 29 heavy (non-hydrogen) atoms. The molecule has 0 atom stereocenters. The number of piperidine rings is 1. The SMILES string of the molecule is COc1ccc(-c2onc(N3CCC(Oc4cccnc4)CC3)c2C(=O)O)cc1. The lowest BCUT2D eigenvalue weighted by Crippen LogP contribution is -2.39. The van der Waals surface area contributed by atoms with Gasteiger partial charge in [0.25, 0.3) is 0 Å². The van der Waals surface area contributed by atoms with E-state index in [1.54, 1.807) is 43.8 Å². The van der Waals surface area contributed by atoms with E-state index in [1.165, 1.54) is 0 Å². The summed E-state index contributed by atoms with van der Waals surface area (Å²) in [6, 6.07) is 10.7. The highest BCUT2D eigenvalue weighted by Gasteiger charge is 2.30. The predicted molar refractivity (Wildman–Crippen MR) is 106 cm³/mol. The minimum absolute atomic E-state index is 0.0525. The first-order chi connectivity index (χ1) is 14.2. The van der Waals surface area contributed by atoms with Crippen LogP contribution in [-0.2, 0) is 0 Å². The Morgan fingerprint density at radius 3 is 2.55 bits per heavy atom. The molecule has 8 heteroatoms. The molecular weight excluding hydrogens is 374 g/mol. The third kappa shape index (κ3) is 4.01. The molecule has 3 aromatic rings. The number of carbonyl (C=O) groups is 1. The van der Waals surface area contributed by atoms with Crippen LogP contribution in [0.2, 0.25) is 0 Å². The van der Waals surface area contributed by atoms with E-state index in [0.29, 0.717) is 30.2 Å². The Hall–Kier alpha value is -3.55. The van der Waals surface area contributed by atoms with Crippen molar-refractivity contribution in [2.45, 2.75) is 18.9 Å². The zero-order valence-corrected chi connectivity index (χ0v) is 15.9. The number of ether oxygens (including phenoxy) is 2. The van der Waals surface area contributed by atoms with Gasteiger partial charge in [0.1, 0.15) is 17.6 Å². The Balaban J connectivity index is 1.50. The topological polar surface area (TPSA) is 97.9 Å². The van der Waals surface area contributed by atoms with Crippen LogP contribution in [-0.4, -0.2) is 47.5 Å². The minimum Gasteiger partial charge on any atom is -0.497 e. The quantitative estimate of drug-likeness (QED) is 0.677. The van der Waals surface area contributed by atoms with Crippen LogP contribution < -0.4 is 14.4 Å². The van der Waals surface area contributed by atoms with Crippen LogP contribution in [0.25, 0.3) is 11.3 Å². The Labute approximate surface area is 167 Å². The Morgan fingerprint density at radius 1 is 1.17 bits per heavy atom. The molecule has 1 fully saturated rings. The largest absolute Gasteiger partial charge is 0.497 e. The summed E-state index contributed by atoms with van der Waals surface area (Å²) in [5.41, 5.74) is 0.707. The molecular formula is C21H21N3O5. The van der Waals surface area contributed by atoms with Gasteiger partial charge in [-0.15, -0.1) is 0 Å². The van der Waals surface area contributed by atoms with E-state index in [0.717, 1.165) is 18.6 Å². The van der Waals surface area contributed by atoms with Gasteiger partial charge in [0.05, 0.1) is 13.3 Å². The van der Waals surface area contributed by atoms with Crippen LogP contribution >= 0.6 is 0 Å². The Kier molecular flexibility index (Phi) is 5.33. The van der Waals surface area contributed by atoms with Crippen molar-refractivity contribution in [3.63, 3.8) is 0 Å². The Morgan fingerprint density at radius 2 is 1.93 bits per heavy atom. The molecule has 0 saturated carbocycles. The molecule has 0 unspecified atom stereocenters. The van der Waals surface area contributed by atoms with Crippen molar-refractivity contribution in [3.05, 3.63) is 54.4 Å². The second-order valence-electron chi connectivity index (χ2n) is 6.74. The van der Waals surface area contributed by atoms with Crippen LogP contribution in [0, 0.1) is 0 Å².